The summed E-state index contributed by atoms with van der Waals surface area (Å²) in [6, 6.07) is 17.6. The van der Waals surface area contributed by atoms with Gasteiger partial charge in [0.05, 0.1) is 0 Å². The maximum atomic E-state index is 12.0. The van der Waals surface area contributed by atoms with Crippen molar-refractivity contribution in [2.75, 3.05) is 0 Å². The van der Waals surface area contributed by atoms with Crippen LogP contribution < -0.4 is 0 Å². The molecule has 0 fully saturated rings. The summed E-state index contributed by atoms with van der Waals surface area (Å²) in [5.74, 6) is -0.0584. The highest BCUT2D eigenvalue weighted by molar-refractivity contribution is 6.12. The number of aliphatic imine (C=N–C) groups is 1. The van der Waals surface area contributed by atoms with Crippen molar-refractivity contribution < 1.29 is 9.53 Å². The zero-order valence-electron chi connectivity index (χ0n) is 13.5. The van der Waals surface area contributed by atoms with Gasteiger partial charge < -0.3 is 4.74 Å². The molecule has 1 aliphatic heterocycles. The van der Waals surface area contributed by atoms with E-state index in [1.54, 1.807) is 6.08 Å². The van der Waals surface area contributed by atoms with E-state index in [-0.39, 0.29) is 5.41 Å². The van der Waals surface area contributed by atoms with Crippen LogP contribution in [0.15, 0.2) is 65.3 Å². The van der Waals surface area contributed by atoms with Crippen molar-refractivity contribution in [3.05, 3.63) is 77.0 Å². The molecule has 23 heavy (non-hydrogen) atoms. The molecule has 2 aromatic rings. The van der Waals surface area contributed by atoms with Gasteiger partial charge in [-0.15, -0.1) is 0 Å². The minimum absolute atomic E-state index is 0.108. The first-order valence-corrected chi connectivity index (χ1v) is 7.62. The Morgan fingerprint density at radius 3 is 2.22 bits per heavy atom. The Balaban J connectivity index is 1.88. The van der Waals surface area contributed by atoms with E-state index in [0.29, 0.717) is 11.6 Å². The molecule has 2 aromatic carbocycles. The van der Waals surface area contributed by atoms with Gasteiger partial charge in [0.2, 0.25) is 5.90 Å². The molecule has 0 atom stereocenters. The average molecular weight is 305 g/mol. The van der Waals surface area contributed by atoms with Crippen LogP contribution in [0.3, 0.4) is 0 Å². The summed E-state index contributed by atoms with van der Waals surface area (Å²) in [4.78, 5) is 16.3. The molecular formula is C20H19NO2. The van der Waals surface area contributed by atoms with Crippen LogP contribution in [0.25, 0.3) is 6.08 Å². The average Bonchev–Trinajstić information content (AvgIpc) is 2.89. The first-order valence-electron chi connectivity index (χ1n) is 7.62. The molecule has 0 radical (unpaired) electrons. The maximum absolute atomic E-state index is 12.0. The molecular weight excluding hydrogens is 286 g/mol. The van der Waals surface area contributed by atoms with Gasteiger partial charge in [-0.2, -0.15) is 0 Å². The Kier molecular flexibility index (Phi) is 3.87. The maximum Gasteiger partial charge on any atom is 0.363 e. The van der Waals surface area contributed by atoms with Crippen LogP contribution in [0.5, 0.6) is 0 Å². The smallest absolute Gasteiger partial charge is 0.363 e. The summed E-state index contributed by atoms with van der Waals surface area (Å²) in [6.45, 7) is 6.52. The molecule has 116 valence electrons. The molecule has 0 N–H and O–H groups in total. The van der Waals surface area contributed by atoms with Gasteiger partial charge in [-0.25, -0.2) is 9.79 Å². The number of carbonyl (C=O) groups is 1. The van der Waals surface area contributed by atoms with Gasteiger partial charge in [0.25, 0.3) is 0 Å². The van der Waals surface area contributed by atoms with Crippen molar-refractivity contribution in [3.8, 4) is 0 Å². The normalized spacial score (nSPS) is 16.4. The number of ether oxygens (including phenoxy) is 1. The molecule has 0 bridgehead atoms. The van der Waals surface area contributed by atoms with Gasteiger partial charge in [0.1, 0.15) is 0 Å². The fourth-order valence-electron chi connectivity index (χ4n) is 2.35. The first-order chi connectivity index (χ1) is 10.9. The quantitative estimate of drug-likeness (QED) is 0.612. The van der Waals surface area contributed by atoms with E-state index in [1.807, 2.05) is 42.5 Å². The van der Waals surface area contributed by atoms with Gasteiger partial charge >= 0.3 is 5.97 Å². The van der Waals surface area contributed by atoms with Crippen molar-refractivity contribution in [1.82, 2.24) is 0 Å². The second kappa shape index (κ2) is 5.84. The van der Waals surface area contributed by atoms with Crippen LogP contribution in [0.4, 0.5) is 0 Å². The number of carbonyl (C=O) groups excluding carboxylic acids is 1. The molecule has 0 saturated carbocycles. The second-order valence-electron chi connectivity index (χ2n) is 6.57. The van der Waals surface area contributed by atoms with E-state index >= 15 is 0 Å². The second-order valence-corrected chi connectivity index (χ2v) is 6.57. The lowest BCUT2D eigenvalue weighted by Gasteiger charge is -2.18. The fourth-order valence-corrected chi connectivity index (χ4v) is 2.35. The first kappa shape index (κ1) is 15.2. The van der Waals surface area contributed by atoms with Crippen LogP contribution >= 0.6 is 0 Å². The molecule has 0 saturated heterocycles. The van der Waals surface area contributed by atoms with Crippen LogP contribution in [-0.2, 0) is 14.9 Å². The van der Waals surface area contributed by atoms with Crippen LogP contribution in [0.1, 0.15) is 37.5 Å². The summed E-state index contributed by atoms with van der Waals surface area (Å²) >= 11 is 0. The van der Waals surface area contributed by atoms with Gasteiger partial charge in [-0.05, 0) is 34.8 Å². The summed E-state index contributed by atoms with van der Waals surface area (Å²) in [6.07, 6.45) is 1.75. The standard InChI is InChI=1S/C20H19NO2/c1-20(2,3)16-11-9-14(10-12-16)13-17-19(22)23-18(21-17)15-7-5-4-6-8-15/h4-13H,1-3H3/b17-13-. The number of hydrogen-bond acceptors (Lipinski definition) is 3. The van der Waals surface area contributed by atoms with Crippen molar-refractivity contribution in [2.24, 2.45) is 4.99 Å². The van der Waals surface area contributed by atoms with E-state index in [0.717, 1.165) is 11.1 Å². The minimum atomic E-state index is -0.413. The largest absolute Gasteiger partial charge is 0.402 e. The van der Waals surface area contributed by atoms with Crippen molar-refractivity contribution >= 4 is 17.9 Å². The Morgan fingerprint density at radius 2 is 1.61 bits per heavy atom. The molecule has 0 amide bonds. The van der Waals surface area contributed by atoms with E-state index < -0.39 is 5.97 Å². The van der Waals surface area contributed by atoms with Crippen LogP contribution in [0.2, 0.25) is 0 Å². The highest BCUT2D eigenvalue weighted by Gasteiger charge is 2.24. The number of rotatable bonds is 2. The molecule has 3 rings (SSSR count). The highest BCUT2D eigenvalue weighted by Crippen LogP contribution is 2.24. The topological polar surface area (TPSA) is 38.7 Å². The lowest BCUT2D eigenvalue weighted by atomic mass is 9.87. The Morgan fingerprint density at radius 1 is 0.957 bits per heavy atom. The van der Waals surface area contributed by atoms with E-state index in [1.165, 1.54) is 5.56 Å². The zero-order valence-corrected chi connectivity index (χ0v) is 13.5. The van der Waals surface area contributed by atoms with Crippen LogP contribution in [0, 0.1) is 0 Å². The third-order valence-corrected chi connectivity index (χ3v) is 3.72. The lowest BCUT2D eigenvalue weighted by molar-refractivity contribution is -0.129. The third-order valence-electron chi connectivity index (χ3n) is 3.72. The molecule has 0 spiro atoms. The Bertz CT molecular complexity index is 779. The van der Waals surface area contributed by atoms with Gasteiger partial charge in [-0.1, -0.05) is 63.2 Å². The zero-order chi connectivity index (χ0) is 16.4. The minimum Gasteiger partial charge on any atom is -0.402 e. The van der Waals surface area contributed by atoms with E-state index in [4.69, 9.17) is 4.74 Å². The van der Waals surface area contributed by atoms with Crippen molar-refractivity contribution in [3.63, 3.8) is 0 Å². The molecule has 3 heteroatoms. The molecule has 0 unspecified atom stereocenters. The van der Waals surface area contributed by atoms with Crippen LogP contribution in [-0.4, -0.2) is 11.9 Å². The highest BCUT2D eigenvalue weighted by atomic mass is 16.6. The number of benzene rings is 2. The summed E-state index contributed by atoms with van der Waals surface area (Å²) in [7, 11) is 0. The predicted molar refractivity (Wildman–Crippen MR) is 92.2 cm³/mol. The molecule has 3 nitrogen and oxygen atoms in total. The summed E-state index contributed by atoms with van der Waals surface area (Å²) in [5, 5.41) is 0. The van der Waals surface area contributed by atoms with Gasteiger partial charge in [-0.3, -0.25) is 0 Å². The predicted octanol–water partition coefficient (Wildman–Crippen LogP) is 4.33. The summed E-state index contributed by atoms with van der Waals surface area (Å²) < 4.78 is 5.25. The number of esters is 1. The van der Waals surface area contributed by atoms with Crippen molar-refractivity contribution in [1.29, 1.82) is 0 Å². The SMILES string of the molecule is CC(C)(C)c1ccc(/C=C2\N=C(c3ccccc3)OC2=O)cc1. The monoisotopic (exact) mass is 305 g/mol. The lowest BCUT2D eigenvalue weighted by Crippen LogP contribution is -2.10. The molecule has 1 aliphatic rings. The number of nitrogens with zero attached hydrogens (tertiary/aromatic N) is 1. The Hall–Kier alpha value is -2.68. The Labute approximate surface area is 136 Å². The van der Waals surface area contributed by atoms with Gasteiger partial charge in [0.15, 0.2) is 5.70 Å². The summed E-state index contributed by atoms with van der Waals surface area (Å²) in [5.41, 5.74) is 3.42. The molecule has 0 aliphatic carbocycles. The fraction of sp³-hybridized carbons (Fsp3) is 0.200. The van der Waals surface area contributed by atoms with E-state index in [9.17, 15) is 4.79 Å². The number of hydrogen-bond donors (Lipinski definition) is 0. The van der Waals surface area contributed by atoms with E-state index in [2.05, 4.69) is 37.9 Å². The number of cyclic esters (lactones) is 1. The molecule has 1 heterocycles. The third kappa shape index (κ3) is 3.39. The van der Waals surface area contributed by atoms with Gasteiger partial charge in [0, 0.05) is 5.56 Å². The molecule has 0 aromatic heterocycles. The van der Waals surface area contributed by atoms with Crippen molar-refractivity contribution in [2.45, 2.75) is 26.2 Å².